The van der Waals surface area contributed by atoms with Crippen molar-refractivity contribution in [3.05, 3.63) is 41.1 Å². The minimum Gasteiger partial charge on any atom is -0.464 e. The van der Waals surface area contributed by atoms with Crippen LogP contribution in [0, 0.1) is 6.92 Å². The first-order chi connectivity index (χ1) is 8.70. The molecule has 18 heavy (non-hydrogen) atoms. The molecule has 0 amide bonds. The Labute approximate surface area is 112 Å². The molecule has 0 aliphatic heterocycles. The molecular formula is C13H19N3OS. The van der Waals surface area contributed by atoms with Gasteiger partial charge in [0, 0.05) is 24.8 Å². The summed E-state index contributed by atoms with van der Waals surface area (Å²) in [5, 5.41) is 7.59. The highest BCUT2D eigenvalue weighted by Crippen LogP contribution is 2.13. The zero-order chi connectivity index (χ0) is 13.0. The van der Waals surface area contributed by atoms with E-state index in [1.165, 1.54) is 11.3 Å². The minimum atomic E-state index is 0.753. The van der Waals surface area contributed by atoms with Gasteiger partial charge >= 0.3 is 0 Å². The Morgan fingerprint density at radius 3 is 2.78 bits per heavy atom. The molecule has 2 rings (SSSR count). The Balaban J connectivity index is 1.82. The van der Waals surface area contributed by atoms with Gasteiger partial charge in [0.25, 0.3) is 0 Å². The molecule has 2 aromatic rings. The third kappa shape index (κ3) is 3.17. The molecule has 0 unspecified atom stereocenters. The average molecular weight is 265 g/mol. The third-order valence-electron chi connectivity index (χ3n) is 2.96. The lowest BCUT2D eigenvalue weighted by Gasteiger charge is -2.02. The summed E-state index contributed by atoms with van der Waals surface area (Å²) in [6.07, 6.45) is 3.98. The van der Waals surface area contributed by atoms with Gasteiger partial charge in [-0.15, -0.1) is 0 Å². The van der Waals surface area contributed by atoms with Crippen molar-refractivity contribution in [1.29, 1.82) is 0 Å². The van der Waals surface area contributed by atoms with Gasteiger partial charge in [-0.2, -0.15) is 16.9 Å². The Hall–Kier alpha value is -1.20. The first kappa shape index (κ1) is 13.2. The molecule has 2 heterocycles. The van der Waals surface area contributed by atoms with Crippen molar-refractivity contribution >= 4 is 11.8 Å². The van der Waals surface area contributed by atoms with Gasteiger partial charge in [-0.25, -0.2) is 0 Å². The van der Waals surface area contributed by atoms with Crippen LogP contribution in [0.5, 0.6) is 0 Å². The molecule has 0 radical (unpaired) electrons. The highest BCUT2D eigenvalue weighted by Gasteiger charge is 2.04. The largest absolute Gasteiger partial charge is 0.464 e. The van der Waals surface area contributed by atoms with Crippen LogP contribution in [0.4, 0.5) is 0 Å². The fourth-order valence-corrected chi connectivity index (χ4v) is 2.21. The van der Waals surface area contributed by atoms with Crippen LogP contribution in [0.15, 0.2) is 22.7 Å². The lowest BCUT2D eigenvalue weighted by atomic mass is 10.2. The van der Waals surface area contributed by atoms with Gasteiger partial charge in [-0.1, -0.05) is 0 Å². The maximum atomic E-state index is 5.69. The number of rotatable bonds is 6. The van der Waals surface area contributed by atoms with Crippen molar-refractivity contribution in [2.24, 2.45) is 7.05 Å². The second-order valence-electron chi connectivity index (χ2n) is 4.28. The maximum Gasteiger partial charge on any atom is 0.118 e. The van der Waals surface area contributed by atoms with Crippen LogP contribution in [0.3, 0.4) is 0 Å². The first-order valence-electron chi connectivity index (χ1n) is 5.95. The van der Waals surface area contributed by atoms with E-state index in [0.29, 0.717) is 0 Å². The van der Waals surface area contributed by atoms with Crippen molar-refractivity contribution in [2.45, 2.75) is 25.8 Å². The number of thioether (sulfide) groups is 1. The monoisotopic (exact) mass is 265 g/mol. The van der Waals surface area contributed by atoms with Crippen molar-refractivity contribution in [3.8, 4) is 0 Å². The van der Waals surface area contributed by atoms with Crippen molar-refractivity contribution in [1.82, 2.24) is 15.1 Å². The van der Waals surface area contributed by atoms with Crippen molar-refractivity contribution in [2.75, 3.05) is 6.26 Å². The topological polar surface area (TPSA) is 43.0 Å². The second-order valence-corrected chi connectivity index (χ2v) is 5.15. The molecular weight excluding hydrogens is 246 g/mol. The van der Waals surface area contributed by atoms with Gasteiger partial charge < -0.3 is 9.73 Å². The molecule has 0 fully saturated rings. The van der Waals surface area contributed by atoms with Gasteiger partial charge in [0.2, 0.25) is 0 Å². The Bertz CT molecular complexity index is 504. The molecule has 0 saturated heterocycles. The summed E-state index contributed by atoms with van der Waals surface area (Å²) >= 11 is 1.77. The predicted octanol–water partition coefficient (Wildman–Crippen LogP) is 2.47. The standard InChI is InChI=1S/C13H19N3OS/c1-10-11(7-15-16(10)2)6-14-8-12-4-5-13(17-12)9-18-3/h4-5,7,14H,6,8-9H2,1-3H3. The second kappa shape index (κ2) is 6.11. The summed E-state index contributed by atoms with van der Waals surface area (Å²) < 4.78 is 7.58. The van der Waals surface area contributed by atoms with E-state index in [4.69, 9.17) is 4.42 Å². The molecule has 1 N–H and O–H groups in total. The molecule has 0 spiro atoms. The van der Waals surface area contributed by atoms with Crippen LogP contribution in [0.1, 0.15) is 22.8 Å². The van der Waals surface area contributed by atoms with E-state index >= 15 is 0 Å². The molecule has 98 valence electrons. The van der Waals surface area contributed by atoms with Crippen LogP contribution >= 0.6 is 11.8 Å². The van der Waals surface area contributed by atoms with E-state index in [1.54, 1.807) is 11.8 Å². The van der Waals surface area contributed by atoms with Crippen LogP contribution in [-0.2, 0) is 25.9 Å². The van der Waals surface area contributed by atoms with Crippen LogP contribution in [0.25, 0.3) is 0 Å². The fourth-order valence-electron chi connectivity index (χ4n) is 1.78. The highest BCUT2D eigenvalue weighted by molar-refractivity contribution is 7.97. The molecule has 0 saturated carbocycles. The number of hydrogen-bond donors (Lipinski definition) is 1. The van der Waals surface area contributed by atoms with Crippen molar-refractivity contribution < 1.29 is 4.42 Å². The zero-order valence-electron chi connectivity index (χ0n) is 11.1. The Kier molecular flexibility index (Phi) is 4.49. The molecule has 0 atom stereocenters. The maximum absolute atomic E-state index is 5.69. The lowest BCUT2D eigenvalue weighted by molar-refractivity contribution is 0.459. The number of nitrogens with zero attached hydrogens (tertiary/aromatic N) is 2. The van der Waals surface area contributed by atoms with Crippen LogP contribution in [0.2, 0.25) is 0 Å². The summed E-state index contributed by atoms with van der Waals surface area (Å²) in [5.74, 6) is 2.96. The van der Waals surface area contributed by atoms with E-state index in [2.05, 4.69) is 23.6 Å². The van der Waals surface area contributed by atoms with E-state index in [9.17, 15) is 0 Å². The van der Waals surface area contributed by atoms with Gasteiger partial charge in [0.15, 0.2) is 0 Å². The fraction of sp³-hybridized carbons (Fsp3) is 0.462. The van der Waals surface area contributed by atoms with Crippen LogP contribution in [-0.4, -0.2) is 16.0 Å². The van der Waals surface area contributed by atoms with E-state index in [-0.39, 0.29) is 0 Å². The molecule has 0 aliphatic carbocycles. The minimum absolute atomic E-state index is 0.753. The normalized spacial score (nSPS) is 11.1. The smallest absolute Gasteiger partial charge is 0.118 e. The number of aromatic nitrogens is 2. The lowest BCUT2D eigenvalue weighted by Crippen LogP contribution is -2.12. The highest BCUT2D eigenvalue weighted by atomic mass is 32.2. The van der Waals surface area contributed by atoms with E-state index < -0.39 is 0 Å². The number of furan rings is 1. The Morgan fingerprint density at radius 2 is 2.11 bits per heavy atom. The van der Waals surface area contributed by atoms with Crippen molar-refractivity contribution in [3.63, 3.8) is 0 Å². The number of hydrogen-bond acceptors (Lipinski definition) is 4. The van der Waals surface area contributed by atoms with E-state index in [1.807, 2.05) is 30.1 Å². The zero-order valence-corrected chi connectivity index (χ0v) is 11.9. The molecule has 5 heteroatoms. The predicted molar refractivity (Wildman–Crippen MR) is 74.4 cm³/mol. The summed E-state index contributed by atoms with van der Waals surface area (Å²) in [4.78, 5) is 0. The Morgan fingerprint density at radius 1 is 1.33 bits per heavy atom. The van der Waals surface area contributed by atoms with Gasteiger partial charge in [0.05, 0.1) is 18.5 Å². The summed E-state index contributed by atoms with van der Waals surface area (Å²) in [5.41, 5.74) is 2.43. The summed E-state index contributed by atoms with van der Waals surface area (Å²) in [7, 11) is 1.96. The van der Waals surface area contributed by atoms with Crippen LogP contribution < -0.4 is 5.32 Å². The third-order valence-corrected chi connectivity index (χ3v) is 3.53. The summed E-state index contributed by atoms with van der Waals surface area (Å²) in [6.45, 7) is 3.65. The molecule has 4 nitrogen and oxygen atoms in total. The average Bonchev–Trinajstić information content (AvgIpc) is 2.91. The number of nitrogens with one attached hydrogen (secondary N) is 1. The molecule has 0 bridgehead atoms. The van der Waals surface area contributed by atoms with E-state index in [0.717, 1.165) is 30.4 Å². The summed E-state index contributed by atoms with van der Waals surface area (Å²) in [6, 6.07) is 4.08. The van der Waals surface area contributed by atoms with Gasteiger partial charge in [-0.3, -0.25) is 4.68 Å². The SMILES string of the molecule is CSCc1ccc(CNCc2cnn(C)c2C)o1. The van der Waals surface area contributed by atoms with Gasteiger partial charge in [0.1, 0.15) is 11.5 Å². The first-order valence-corrected chi connectivity index (χ1v) is 7.35. The van der Waals surface area contributed by atoms with Gasteiger partial charge in [-0.05, 0) is 25.3 Å². The quantitative estimate of drug-likeness (QED) is 0.871. The molecule has 0 aliphatic rings. The molecule has 2 aromatic heterocycles. The molecule has 0 aromatic carbocycles. The number of aryl methyl sites for hydroxylation is 1.